The zero-order chi connectivity index (χ0) is 11.1. The number of carbonyl (C=O) groups is 1. The van der Waals surface area contributed by atoms with Crippen molar-refractivity contribution in [3.63, 3.8) is 0 Å². The molecule has 80 valence electrons. The van der Waals surface area contributed by atoms with Gasteiger partial charge in [-0.05, 0) is 19.8 Å². The van der Waals surface area contributed by atoms with Crippen molar-refractivity contribution in [2.24, 2.45) is 0 Å². The first kappa shape index (κ1) is 11.2. The van der Waals surface area contributed by atoms with Gasteiger partial charge in [-0.1, -0.05) is 0 Å². The van der Waals surface area contributed by atoms with Gasteiger partial charge in [-0.15, -0.1) is 17.4 Å². The molecule has 0 radical (unpaired) electrons. The lowest BCUT2D eigenvalue weighted by Crippen LogP contribution is -2.12. The Morgan fingerprint density at radius 2 is 2.40 bits per heavy atom. The first-order chi connectivity index (χ1) is 7.22. The lowest BCUT2D eigenvalue weighted by molar-refractivity contribution is -0.116. The second kappa shape index (κ2) is 5.81. The second-order valence-electron chi connectivity index (χ2n) is 3.20. The van der Waals surface area contributed by atoms with Gasteiger partial charge in [-0.3, -0.25) is 15.2 Å². The first-order valence-electron chi connectivity index (χ1n) is 4.84. The second-order valence-corrected chi connectivity index (χ2v) is 3.20. The lowest BCUT2D eigenvalue weighted by Gasteiger charge is -1.99. The standard InChI is InChI=1S/C10H14N4O/c1-3-4-5-6-7-9(15)12-10-11-8(2)13-14-10/h1H,4-7H2,2H3,(H2,11,12,13,14,15). The first-order valence-corrected chi connectivity index (χ1v) is 4.84. The molecular weight excluding hydrogens is 192 g/mol. The lowest BCUT2D eigenvalue weighted by atomic mass is 10.2. The molecular formula is C10H14N4O. The minimum Gasteiger partial charge on any atom is -0.293 e. The van der Waals surface area contributed by atoms with Crippen LogP contribution in [0.5, 0.6) is 0 Å². The van der Waals surface area contributed by atoms with Crippen molar-refractivity contribution in [1.82, 2.24) is 15.2 Å². The van der Waals surface area contributed by atoms with Crippen LogP contribution in [-0.2, 0) is 4.79 Å². The van der Waals surface area contributed by atoms with Gasteiger partial charge in [0.15, 0.2) is 0 Å². The van der Waals surface area contributed by atoms with Gasteiger partial charge in [0.05, 0.1) is 0 Å². The Morgan fingerprint density at radius 1 is 1.60 bits per heavy atom. The number of unbranched alkanes of at least 4 members (excludes halogenated alkanes) is 2. The fraction of sp³-hybridized carbons (Fsp3) is 0.500. The number of terminal acetylenes is 1. The number of H-pyrrole nitrogens is 1. The molecule has 0 aliphatic rings. The van der Waals surface area contributed by atoms with Crippen LogP contribution in [0.4, 0.5) is 5.95 Å². The van der Waals surface area contributed by atoms with Crippen LogP contribution >= 0.6 is 0 Å². The summed E-state index contributed by atoms with van der Waals surface area (Å²) in [4.78, 5) is 15.3. The summed E-state index contributed by atoms with van der Waals surface area (Å²) >= 11 is 0. The summed E-state index contributed by atoms with van der Waals surface area (Å²) in [5.41, 5.74) is 0. The average molecular weight is 206 g/mol. The monoisotopic (exact) mass is 206 g/mol. The van der Waals surface area contributed by atoms with E-state index in [2.05, 4.69) is 26.4 Å². The summed E-state index contributed by atoms with van der Waals surface area (Å²) in [6, 6.07) is 0. The number of amides is 1. The number of aromatic nitrogens is 3. The maximum atomic E-state index is 11.3. The summed E-state index contributed by atoms with van der Waals surface area (Å²) in [6.45, 7) is 1.77. The molecule has 0 aliphatic heterocycles. The Morgan fingerprint density at radius 3 is 3.00 bits per heavy atom. The van der Waals surface area contributed by atoms with Gasteiger partial charge < -0.3 is 0 Å². The summed E-state index contributed by atoms with van der Waals surface area (Å²) in [7, 11) is 0. The van der Waals surface area contributed by atoms with E-state index in [1.165, 1.54) is 0 Å². The Labute approximate surface area is 88.7 Å². The van der Waals surface area contributed by atoms with Crippen molar-refractivity contribution in [2.75, 3.05) is 5.32 Å². The Balaban J connectivity index is 2.22. The number of nitrogens with zero attached hydrogens (tertiary/aromatic N) is 2. The normalized spacial score (nSPS) is 9.60. The van der Waals surface area contributed by atoms with Crippen molar-refractivity contribution >= 4 is 11.9 Å². The van der Waals surface area contributed by atoms with Crippen molar-refractivity contribution in [3.8, 4) is 12.3 Å². The third-order valence-electron chi connectivity index (χ3n) is 1.82. The van der Waals surface area contributed by atoms with Crippen molar-refractivity contribution in [1.29, 1.82) is 0 Å². The number of rotatable bonds is 5. The summed E-state index contributed by atoms with van der Waals surface area (Å²) < 4.78 is 0. The quantitative estimate of drug-likeness (QED) is 0.562. The van der Waals surface area contributed by atoms with Crippen molar-refractivity contribution < 1.29 is 4.79 Å². The zero-order valence-electron chi connectivity index (χ0n) is 8.71. The highest BCUT2D eigenvalue weighted by Gasteiger charge is 2.04. The molecule has 1 aromatic rings. The minimum absolute atomic E-state index is 0.0778. The number of hydrogen-bond donors (Lipinski definition) is 2. The number of nitrogens with one attached hydrogen (secondary N) is 2. The van der Waals surface area contributed by atoms with Crippen molar-refractivity contribution in [2.45, 2.75) is 32.6 Å². The van der Waals surface area contributed by atoms with E-state index in [9.17, 15) is 4.79 Å². The molecule has 0 spiro atoms. The van der Waals surface area contributed by atoms with E-state index in [0.717, 1.165) is 12.8 Å². The number of aryl methyl sites for hydroxylation is 1. The molecule has 0 atom stereocenters. The molecule has 1 amide bonds. The number of hydrogen-bond acceptors (Lipinski definition) is 3. The molecule has 0 saturated carbocycles. The predicted molar refractivity (Wildman–Crippen MR) is 57.1 cm³/mol. The highest BCUT2D eigenvalue weighted by atomic mass is 16.1. The van der Waals surface area contributed by atoms with Gasteiger partial charge in [0, 0.05) is 12.8 Å². The molecule has 1 rings (SSSR count). The summed E-state index contributed by atoms with van der Waals surface area (Å²) in [5.74, 6) is 3.46. The highest BCUT2D eigenvalue weighted by Crippen LogP contribution is 2.02. The van der Waals surface area contributed by atoms with Crippen LogP contribution in [0.1, 0.15) is 31.5 Å². The van der Waals surface area contributed by atoms with Crippen molar-refractivity contribution in [3.05, 3.63) is 5.82 Å². The van der Waals surface area contributed by atoms with Crippen LogP contribution in [0.25, 0.3) is 0 Å². The fourth-order valence-corrected chi connectivity index (χ4v) is 1.10. The number of carbonyl (C=O) groups excluding carboxylic acids is 1. The predicted octanol–water partition coefficient (Wildman–Crippen LogP) is 1.25. The third kappa shape index (κ3) is 4.27. The third-order valence-corrected chi connectivity index (χ3v) is 1.82. The zero-order valence-corrected chi connectivity index (χ0v) is 8.71. The van der Waals surface area contributed by atoms with Gasteiger partial charge in [0.2, 0.25) is 11.9 Å². The molecule has 0 aromatic carbocycles. The van der Waals surface area contributed by atoms with Crippen LogP contribution in [0.15, 0.2) is 0 Å². The smallest absolute Gasteiger partial charge is 0.248 e. The molecule has 1 aromatic heterocycles. The Bertz CT molecular complexity index is 364. The minimum atomic E-state index is -0.0778. The van der Waals surface area contributed by atoms with Gasteiger partial charge in [0.25, 0.3) is 0 Å². The SMILES string of the molecule is C#CCCCCC(=O)Nc1n[nH]c(C)n1. The molecule has 0 bridgehead atoms. The molecule has 15 heavy (non-hydrogen) atoms. The van der Waals surface area contributed by atoms with Gasteiger partial charge in [-0.2, -0.15) is 4.98 Å². The van der Waals surface area contributed by atoms with E-state index in [1.807, 2.05) is 0 Å². The van der Waals surface area contributed by atoms with Gasteiger partial charge in [0.1, 0.15) is 5.82 Å². The number of aromatic amines is 1. The molecule has 0 fully saturated rings. The van der Waals surface area contributed by atoms with Crippen LogP contribution < -0.4 is 5.32 Å². The van der Waals surface area contributed by atoms with Crippen LogP contribution in [0.3, 0.4) is 0 Å². The fourth-order valence-electron chi connectivity index (χ4n) is 1.10. The van der Waals surface area contributed by atoms with E-state index in [0.29, 0.717) is 24.6 Å². The molecule has 5 heteroatoms. The van der Waals surface area contributed by atoms with Crippen LogP contribution in [0, 0.1) is 19.3 Å². The van der Waals surface area contributed by atoms with Crippen LogP contribution in [-0.4, -0.2) is 21.1 Å². The van der Waals surface area contributed by atoms with Gasteiger partial charge >= 0.3 is 0 Å². The molecule has 2 N–H and O–H groups in total. The molecule has 1 heterocycles. The van der Waals surface area contributed by atoms with E-state index in [4.69, 9.17) is 6.42 Å². The Hall–Kier alpha value is -1.83. The molecule has 0 unspecified atom stereocenters. The van der Waals surface area contributed by atoms with E-state index in [1.54, 1.807) is 6.92 Å². The average Bonchev–Trinajstić information content (AvgIpc) is 2.59. The molecule has 0 aliphatic carbocycles. The van der Waals surface area contributed by atoms with Gasteiger partial charge in [-0.25, -0.2) is 0 Å². The summed E-state index contributed by atoms with van der Waals surface area (Å²) in [6.07, 6.45) is 7.93. The molecule has 5 nitrogen and oxygen atoms in total. The summed E-state index contributed by atoms with van der Waals surface area (Å²) in [5, 5.41) is 9.04. The Kier molecular flexibility index (Phi) is 4.35. The highest BCUT2D eigenvalue weighted by molar-refractivity contribution is 5.88. The van der Waals surface area contributed by atoms with E-state index < -0.39 is 0 Å². The maximum Gasteiger partial charge on any atom is 0.248 e. The maximum absolute atomic E-state index is 11.3. The van der Waals surface area contributed by atoms with E-state index >= 15 is 0 Å². The number of anilines is 1. The molecule has 0 saturated heterocycles. The topological polar surface area (TPSA) is 70.7 Å². The van der Waals surface area contributed by atoms with E-state index in [-0.39, 0.29) is 5.91 Å². The largest absolute Gasteiger partial charge is 0.293 e. The van der Waals surface area contributed by atoms with Crippen LogP contribution in [0.2, 0.25) is 0 Å².